The second-order valence-electron chi connectivity index (χ2n) is 3.33. The van der Waals surface area contributed by atoms with Gasteiger partial charge in [-0.1, -0.05) is 12.1 Å². The summed E-state index contributed by atoms with van der Waals surface area (Å²) < 4.78 is 18.7. The smallest absolute Gasteiger partial charge is 0.227 e. The average Bonchev–Trinajstić information content (AvgIpc) is 2.34. The predicted molar refractivity (Wildman–Crippen MR) is 61.1 cm³/mol. The van der Waals surface area contributed by atoms with E-state index in [2.05, 4.69) is 15.4 Å². The molecule has 0 amide bonds. The molecule has 0 unspecified atom stereocenters. The van der Waals surface area contributed by atoms with Crippen molar-refractivity contribution in [2.24, 2.45) is 5.84 Å². The summed E-state index contributed by atoms with van der Waals surface area (Å²) in [7, 11) is 0. The van der Waals surface area contributed by atoms with Crippen LogP contribution in [0.3, 0.4) is 0 Å². The lowest BCUT2D eigenvalue weighted by Crippen LogP contribution is -2.11. The van der Waals surface area contributed by atoms with Crippen molar-refractivity contribution in [2.75, 3.05) is 5.43 Å². The average molecular weight is 234 g/mol. The fourth-order valence-electron chi connectivity index (χ4n) is 1.31. The third kappa shape index (κ3) is 2.31. The largest absolute Gasteiger partial charge is 0.435 e. The highest BCUT2D eigenvalue weighted by Gasteiger charge is 2.10. The van der Waals surface area contributed by atoms with Gasteiger partial charge in [0.05, 0.1) is 5.56 Å². The fourth-order valence-corrected chi connectivity index (χ4v) is 1.31. The summed E-state index contributed by atoms with van der Waals surface area (Å²) in [6, 6.07) is 6.10. The van der Waals surface area contributed by atoms with Crippen LogP contribution in [-0.4, -0.2) is 9.97 Å². The summed E-state index contributed by atoms with van der Waals surface area (Å²) in [4.78, 5) is 7.83. The van der Waals surface area contributed by atoms with Crippen molar-refractivity contribution < 1.29 is 9.13 Å². The minimum absolute atomic E-state index is 0.109. The minimum Gasteiger partial charge on any atom is -0.435 e. The second kappa shape index (κ2) is 4.75. The van der Waals surface area contributed by atoms with Gasteiger partial charge in [-0.05, 0) is 19.1 Å². The van der Waals surface area contributed by atoms with Crippen LogP contribution in [0.4, 0.5) is 10.2 Å². The lowest BCUT2D eigenvalue weighted by atomic mass is 10.3. The van der Waals surface area contributed by atoms with Gasteiger partial charge in [-0.15, -0.1) is 0 Å². The quantitative estimate of drug-likeness (QED) is 0.627. The second-order valence-corrected chi connectivity index (χ2v) is 3.33. The number of anilines is 1. The van der Waals surface area contributed by atoms with E-state index in [1.807, 2.05) is 0 Å². The maximum absolute atomic E-state index is 13.4. The van der Waals surface area contributed by atoms with Crippen molar-refractivity contribution in [1.29, 1.82) is 0 Å². The molecule has 0 saturated heterocycles. The summed E-state index contributed by atoms with van der Waals surface area (Å²) in [5.41, 5.74) is 3.02. The zero-order valence-corrected chi connectivity index (χ0v) is 9.14. The Morgan fingerprint density at radius 2 is 2.06 bits per heavy atom. The summed E-state index contributed by atoms with van der Waals surface area (Å²) in [6.45, 7) is 1.73. The molecule has 0 bridgehead atoms. The van der Waals surface area contributed by atoms with Gasteiger partial charge in [0.2, 0.25) is 5.88 Å². The maximum Gasteiger partial charge on any atom is 0.227 e. The molecule has 1 heterocycles. The Kier molecular flexibility index (Phi) is 3.15. The monoisotopic (exact) mass is 234 g/mol. The fraction of sp³-hybridized carbons (Fsp3) is 0.0909. The first-order chi connectivity index (χ1) is 8.22. The molecule has 5 nitrogen and oxygen atoms in total. The highest BCUT2D eigenvalue weighted by Crippen LogP contribution is 2.27. The van der Waals surface area contributed by atoms with E-state index in [9.17, 15) is 4.39 Å². The van der Waals surface area contributed by atoms with E-state index >= 15 is 0 Å². The molecule has 88 valence electrons. The van der Waals surface area contributed by atoms with Crippen molar-refractivity contribution in [1.82, 2.24) is 9.97 Å². The minimum atomic E-state index is -0.451. The van der Waals surface area contributed by atoms with E-state index in [0.717, 1.165) is 0 Å². The zero-order chi connectivity index (χ0) is 12.3. The van der Waals surface area contributed by atoms with Crippen LogP contribution in [0.15, 0.2) is 30.6 Å². The first-order valence-corrected chi connectivity index (χ1v) is 4.93. The van der Waals surface area contributed by atoms with Gasteiger partial charge in [0.1, 0.15) is 12.1 Å². The van der Waals surface area contributed by atoms with Crippen molar-refractivity contribution in [2.45, 2.75) is 6.92 Å². The van der Waals surface area contributed by atoms with Gasteiger partial charge in [-0.3, -0.25) is 0 Å². The number of aromatic nitrogens is 2. The van der Waals surface area contributed by atoms with Crippen LogP contribution in [-0.2, 0) is 0 Å². The summed E-state index contributed by atoms with van der Waals surface area (Å²) in [6.07, 6.45) is 1.29. The van der Waals surface area contributed by atoms with E-state index in [4.69, 9.17) is 10.6 Å². The molecule has 1 aromatic carbocycles. The molecule has 1 aromatic heterocycles. The molecular formula is C11H11FN4O. The third-order valence-corrected chi connectivity index (χ3v) is 2.22. The molecule has 0 fully saturated rings. The molecule has 6 heteroatoms. The molecular weight excluding hydrogens is 223 g/mol. The Bertz CT molecular complexity index is 533. The molecule has 2 aromatic rings. The highest BCUT2D eigenvalue weighted by molar-refractivity contribution is 5.47. The number of hydrogen-bond acceptors (Lipinski definition) is 5. The molecule has 0 radical (unpaired) electrons. The van der Waals surface area contributed by atoms with E-state index in [0.29, 0.717) is 11.4 Å². The molecule has 0 aliphatic rings. The van der Waals surface area contributed by atoms with Crippen molar-refractivity contribution >= 4 is 5.82 Å². The van der Waals surface area contributed by atoms with Gasteiger partial charge in [0.15, 0.2) is 11.6 Å². The number of ether oxygens (including phenoxy) is 1. The van der Waals surface area contributed by atoms with Gasteiger partial charge in [-0.25, -0.2) is 20.2 Å². The molecule has 0 aliphatic heterocycles. The van der Waals surface area contributed by atoms with E-state index in [1.165, 1.54) is 18.5 Å². The van der Waals surface area contributed by atoms with Gasteiger partial charge in [0.25, 0.3) is 0 Å². The number of halogens is 1. The molecule has 0 atom stereocenters. The molecule has 2 rings (SSSR count). The third-order valence-electron chi connectivity index (χ3n) is 2.22. The van der Waals surface area contributed by atoms with Gasteiger partial charge < -0.3 is 10.2 Å². The van der Waals surface area contributed by atoms with Crippen molar-refractivity contribution in [3.8, 4) is 11.6 Å². The molecule has 17 heavy (non-hydrogen) atoms. The summed E-state index contributed by atoms with van der Waals surface area (Å²) >= 11 is 0. The number of benzene rings is 1. The SMILES string of the molecule is Cc1c(NN)ncnc1Oc1ccccc1F. The summed E-state index contributed by atoms with van der Waals surface area (Å²) in [5.74, 6) is 5.63. The zero-order valence-electron chi connectivity index (χ0n) is 9.14. The highest BCUT2D eigenvalue weighted by atomic mass is 19.1. The Morgan fingerprint density at radius 3 is 2.76 bits per heavy atom. The lowest BCUT2D eigenvalue weighted by molar-refractivity contribution is 0.423. The maximum atomic E-state index is 13.4. The number of rotatable bonds is 3. The lowest BCUT2D eigenvalue weighted by Gasteiger charge is -2.10. The number of hydrazine groups is 1. The van der Waals surface area contributed by atoms with Crippen LogP contribution in [0, 0.1) is 12.7 Å². The van der Waals surface area contributed by atoms with E-state index < -0.39 is 5.82 Å². The normalized spacial score (nSPS) is 10.1. The first-order valence-electron chi connectivity index (χ1n) is 4.93. The topological polar surface area (TPSA) is 73.1 Å². The Balaban J connectivity index is 2.34. The van der Waals surface area contributed by atoms with Crippen LogP contribution < -0.4 is 16.0 Å². The predicted octanol–water partition coefficient (Wildman–Crippen LogP) is 2.00. The van der Waals surface area contributed by atoms with E-state index in [-0.39, 0.29) is 11.6 Å². The van der Waals surface area contributed by atoms with Crippen molar-refractivity contribution in [3.63, 3.8) is 0 Å². The first kappa shape index (κ1) is 11.3. The molecule has 0 spiro atoms. The number of nitrogens with zero attached hydrogens (tertiary/aromatic N) is 2. The number of para-hydroxylation sites is 1. The Labute approximate surface area is 97.4 Å². The number of nitrogens with one attached hydrogen (secondary N) is 1. The van der Waals surface area contributed by atoms with Crippen LogP contribution in [0.1, 0.15) is 5.56 Å². The van der Waals surface area contributed by atoms with Crippen molar-refractivity contribution in [3.05, 3.63) is 42.0 Å². The van der Waals surface area contributed by atoms with Crippen LogP contribution in [0.5, 0.6) is 11.6 Å². The Hall–Kier alpha value is -2.21. The van der Waals surface area contributed by atoms with Crippen LogP contribution in [0.2, 0.25) is 0 Å². The van der Waals surface area contributed by atoms with Gasteiger partial charge in [-0.2, -0.15) is 0 Å². The standard InChI is InChI=1S/C11H11FN4O/c1-7-10(16-13)14-6-15-11(7)17-9-5-3-2-4-8(9)12/h2-6H,13H2,1H3,(H,14,15,16). The number of nitrogens with two attached hydrogens (primary N) is 1. The Morgan fingerprint density at radius 1 is 1.29 bits per heavy atom. The van der Waals surface area contributed by atoms with Crippen LogP contribution >= 0.6 is 0 Å². The molecule has 0 saturated carbocycles. The van der Waals surface area contributed by atoms with Gasteiger partial charge in [0, 0.05) is 0 Å². The number of hydrogen-bond donors (Lipinski definition) is 2. The summed E-state index contributed by atoms with van der Waals surface area (Å²) in [5, 5.41) is 0. The van der Waals surface area contributed by atoms with E-state index in [1.54, 1.807) is 19.1 Å². The van der Waals surface area contributed by atoms with Gasteiger partial charge >= 0.3 is 0 Å². The molecule has 3 N–H and O–H groups in total. The number of nitrogen functional groups attached to an aromatic ring is 1. The van der Waals surface area contributed by atoms with Crippen LogP contribution in [0.25, 0.3) is 0 Å². The molecule has 0 aliphatic carbocycles.